The van der Waals surface area contributed by atoms with Crippen LogP contribution in [-0.2, 0) is 38.6 Å². The Kier molecular flexibility index (Phi) is 9.81. The summed E-state index contributed by atoms with van der Waals surface area (Å²) < 4.78 is 12.0. The summed E-state index contributed by atoms with van der Waals surface area (Å²) in [6.45, 7) is 9.22. The van der Waals surface area contributed by atoms with E-state index in [2.05, 4.69) is 10.4 Å². The first-order valence-electron chi connectivity index (χ1n) is 11.5. The highest BCUT2D eigenvalue weighted by Gasteiger charge is 2.25. The van der Waals surface area contributed by atoms with Gasteiger partial charge in [0.1, 0.15) is 24.8 Å². The average molecular weight is 484 g/mol. The zero-order valence-electron chi connectivity index (χ0n) is 20.8. The lowest BCUT2D eigenvalue weighted by atomic mass is 10.1. The van der Waals surface area contributed by atoms with E-state index in [4.69, 9.17) is 9.47 Å². The van der Waals surface area contributed by atoms with Crippen molar-refractivity contribution in [3.05, 3.63) is 65.9 Å². The second kappa shape index (κ2) is 12.5. The van der Waals surface area contributed by atoms with Crippen LogP contribution in [0.15, 0.2) is 54.6 Å². The molecule has 3 aromatic rings. The number of amides is 1. The molecule has 1 unspecified atom stereocenters. The first-order valence-corrected chi connectivity index (χ1v) is 11.5. The molecule has 1 atom stereocenters. The molecule has 0 fully saturated rings. The number of esters is 1. The molecular formula is C26H33N3O6. The Balaban J connectivity index is 0.00000210. The Morgan fingerprint density at radius 2 is 1.66 bits per heavy atom. The topological polar surface area (TPSA) is 120 Å². The second-order valence-corrected chi connectivity index (χ2v) is 8.51. The maximum absolute atomic E-state index is 12.3. The van der Waals surface area contributed by atoms with Gasteiger partial charge in [0.15, 0.2) is 0 Å². The molecule has 0 aliphatic rings. The Labute approximate surface area is 205 Å². The van der Waals surface area contributed by atoms with Crippen molar-refractivity contribution >= 4 is 28.9 Å². The number of fused-ring (bicyclic) bond motifs is 1. The number of carbonyl (C=O) groups excluding carboxylic acids is 2. The van der Waals surface area contributed by atoms with Crippen molar-refractivity contribution in [1.82, 2.24) is 15.1 Å². The quantitative estimate of drug-likeness (QED) is 0.458. The molecule has 1 amide bonds. The zero-order valence-corrected chi connectivity index (χ0v) is 20.8. The molecule has 9 nitrogen and oxygen atoms in total. The van der Waals surface area contributed by atoms with Crippen molar-refractivity contribution in [2.45, 2.75) is 65.8 Å². The number of carboxylic acid groups (broad SMARTS) is 1. The third-order valence-electron chi connectivity index (χ3n) is 4.63. The molecule has 2 N–H and O–H groups in total. The van der Waals surface area contributed by atoms with Gasteiger partial charge in [-0.2, -0.15) is 5.10 Å². The van der Waals surface area contributed by atoms with E-state index < -0.39 is 29.7 Å². The molecule has 0 spiro atoms. The number of carbonyl (C=O) groups is 3. The number of ether oxygens (including phenoxy) is 2. The Morgan fingerprint density at radius 3 is 2.29 bits per heavy atom. The van der Waals surface area contributed by atoms with Gasteiger partial charge < -0.3 is 19.9 Å². The predicted octanol–water partition coefficient (Wildman–Crippen LogP) is 4.33. The predicted molar refractivity (Wildman–Crippen MR) is 132 cm³/mol. The van der Waals surface area contributed by atoms with Gasteiger partial charge >= 0.3 is 18.0 Å². The minimum Gasteiger partial charge on any atom is -0.480 e. The van der Waals surface area contributed by atoms with Crippen LogP contribution >= 0.6 is 0 Å². The fraction of sp³-hybridized carbons (Fsp3) is 0.385. The molecule has 0 saturated carbocycles. The molecule has 0 aliphatic heterocycles. The molecule has 3 rings (SSSR count). The lowest BCUT2D eigenvalue weighted by Crippen LogP contribution is -2.42. The van der Waals surface area contributed by atoms with E-state index in [0.29, 0.717) is 16.6 Å². The molecular weight excluding hydrogens is 450 g/mol. The van der Waals surface area contributed by atoms with E-state index in [-0.39, 0.29) is 19.6 Å². The monoisotopic (exact) mass is 483 g/mol. The fourth-order valence-electron chi connectivity index (χ4n) is 3.26. The highest BCUT2D eigenvalue weighted by Crippen LogP contribution is 2.20. The lowest BCUT2D eigenvalue weighted by Gasteiger charge is -2.19. The minimum atomic E-state index is -1.26. The van der Waals surface area contributed by atoms with Crippen molar-refractivity contribution < 1.29 is 29.0 Å². The number of hydrogen-bond donors (Lipinski definition) is 2. The standard InChI is InChI=1S/C24H27N3O6.C2H6/c1-24(2,3)33-21(28)14-27-20-12-8-7-11-17(20)18(26-27)13-19(22(29)30)25-23(31)32-15-16-9-5-4-6-10-16;1-2/h4-12,19H,13-15H2,1-3H3,(H,25,31)(H,29,30);1-2H3. The van der Waals surface area contributed by atoms with E-state index in [0.717, 1.165) is 5.56 Å². The van der Waals surface area contributed by atoms with Crippen molar-refractivity contribution in [2.24, 2.45) is 0 Å². The van der Waals surface area contributed by atoms with Crippen molar-refractivity contribution in [2.75, 3.05) is 0 Å². The van der Waals surface area contributed by atoms with Gasteiger partial charge in [-0.05, 0) is 32.4 Å². The highest BCUT2D eigenvalue weighted by atomic mass is 16.6. The molecule has 9 heteroatoms. The van der Waals surface area contributed by atoms with Crippen LogP contribution in [0.4, 0.5) is 4.79 Å². The number of rotatable bonds is 8. The molecule has 0 radical (unpaired) electrons. The van der Waals surface area contributed by atoms with Gasteiger partial charge in [0, 0.05) is 11.8 Å². The van der Waals surface area contributed by atoms with Crippen LogP contribution in [0.5, 0.6) is 0 Å². The normalized spacial score (nSPS) is 11.7. The fourth-order valence-corrected chi connectivity index (χ4v) is 3.26. The van der Waals surface area contributed by atoms with Crippen LogP contribution in [0.2, 0.25) is 0 Å². The Hall–Kier alpha value is -3.88. The summed E-state index contributed by atoms with van der Waals surface area (Å²) in [4.78, 5) is 36.3. The van der Waals surface area contributed by atoms with Crippen molar-refractivity contribution in [3.8, 4) is 0 Å². The number of carboxylic acids is 1. The van der Waals surface area contributed by atoms with Gasteiger partial charge in [0.2, 0.25) is 0 Å². The molecule has 1 aromatic heterocycles. The number of para-hydroxylation sites is 1. The van der Waals surface area contributed by atoms with E-state index >= 15 is 0 Å². The summed E-state index contributed by atoms with van der Waals surface area (Å²) in [5.74, 6) is -1.68. The van der Waals surface area contributed by atoms with Crippen LogP contribution in [0.3, 0.4) is 0 Å². The summed E-state index contributed by atoms with van der Waals surface area (Å²) in [5, 5.41) is 17.2. The molecule has 0 aliphatic carbocycles. The number of benzene rings is 2. The minimum absolute atomic E-state index is 0.0203. The number of hydrogen-bond acceptors (Lipinski definition) is 6. The SMILES string of the molecule is CC.CC(C)(C)OC(=O)Cn1nc(CC(NC(=O)OCc2ccccc2)C(=O)O)c2ccccc21. The Morgan fingerprint density at radius 1 is 1.03 bits per heavy atom. The van der Waals surface area contributed by atoms with Gasteiger partial charge in [0.05, 0.1) is 11.2 Å². The summed E-state index contributed by atoms with van der Waals surface area (Å²) in [5.41, 5.74) is 1.24. The molecule has 188 valence electrons. The van der Waals surface area contributed by atoms with Crippen LogP contribution < -0.4 is 5.32 Å². The molecule has 35 heavy (non-hydrogen) atoms. The number of nitrogens with one attached hydrogen (secondary N) is 1. The average Bonchev–Trinajstić information content (AvgIpc) is 3.15. The zero-order chi connectivity index (χ0) is 26.0. The summed E-state index contributed by atoms with van der Waals surface area (Å²) in [7, 11) is 0. The van der Waals surface area contributed by atoms with E-state index in [9.17, 15) is 19.5 Å². The highest BCUT2D eigenvalue weighted by molar-refractivity contribution is 5.85. The largest absolute Gasteiger partial charge is 0.480 e. The maximum atomic E-state index is 12.3. The number of aliphatic carboxylic acids is 1. The molecule has 0 saturated heterocycles. The van der Waals surface area contributed by atoms with Crippen LogP contribution in [0.1, 0.15) is 45.9 Å². The molecule has 0 bridgehead atoms. The van der Waals surface area contributed by atoms with Gasteiger partial charge in [0.25, 0.3) is 0 Å². The first kappa shape index (κ1) is 27.4. The summed E-state index contributed by atoms with van der Waals surface area (Å²) in [6.07, 6.45) is -0.929. The number of aromatic nitrogens is 2. The van der Waals surface area contributed by atoms with Crippen LogP contribution in [0, 0.1) is 0 Å². The van der Waals surface area contributed by atoms with Gasteiger partial charge in [-0.25, -0.2) is 9.59 Å². The first-order chi connectivity index (χ1) is 16.6. The molecule has 1 heterocycles. The smallest absolute Gasteiger partial charge is 0.408 e. The van der Waals surface area contributed by atoms with Gasteiger partial charge in [-0.3, -0.25) is 9.48 Å². The van der Waals surface area contributed by atoms with Crippen LogP contribution in [-0.4, -0.2) is 44.6 Å². The third kappa shape index (κ3) is 8.44. The van der Waals surface area contributed by atoms with Crippen LogP contribution in [0.25, 0.3) is 10.9 Å². The van der Waals surface area contributed by atoms with E-state index in [1.54, 1.807) is 57.2 Å². The van der Waals surface area contributed by atoms with Gasteiger partial charge in [-0.1, -0.05) is 62.4 Å². The molecule has 2 aromatic carbocycles. The Bertz CT molecular complexity index is 1130. The van der Waals surface area contributed by atoms with Crippen molar-refractivity contribution in [1.29, 1.82) is 0 Å². The maximum Gasteiger partial charge on any atom is 0.408 e. The number of alkyl carbamates (subject to hydrolysis) is 1. The third-order valence-corrected chi connectivity index (χ3v) is 4.63. The van der Waals surface area contributed by atoms with E-state index in [1.165, 1.54) is 4.68 Å². The van der Waals surface area contributed by atoms with Gasteiger partial charge in [-0.15, -0.1) is 0 Å². The summed E-state index contributed by atoms with van der Waals surface area (Å²) in [6, 6.07) is 15.0. The van der Waals surface area contributed by atoms with Crippen molar-refractivity contribution in [3.63, 3.8) is 0 Å². The lowest BCUT2D eigenvalue weighted by molar-refractivity contribution is -0.155. The summed E-state index contributed by atoms with van der Waals surface area (Å²) >= 11 is 0. The van der Waals surface area contributed by atoms with E-state index in [1.807, 2.05) is 32.0 Å². The number of nitrogens with zero attached hydrogens (tertiary/aromatic N) is 2. The second-order valence-electron chi connectivity index (χ2n) is 8.51.